The van der Waals surface area contributed by atoms with Crippen molar-refractivity contribution in [3.63, 3.8) is 0 Å². The third-order valence-corrected chi connectivity index (χ3v) is 5.07. The van der Waals surface area contributed by atoms with Gasteiger partial charge in [0.25, 0.3) is 0 Å². The minimum atomic E-state index is 0.0356. The highest BCUT2D eigenvalue weighted by molar-refractivity contribution is 5.77. The van der Waals surface area contributed by atoms with Gasteiger partial charge in [0.1, 0.15) is 5.76 Å². The van der Waals surface area contributed by atoms with Crippen LogP contribution in [0.5, 0.6) is 11.5 Å². The predicted molar refractivity (Wildman–Crippen MR) is 125 cm³/mol. The van der Waals surface area contributed by atoms with Gasteiger partial charge in [-0.1, -0.05) is 13.2 Å². The Hall–Kier alpha value is -2.70. The summed E-state index contributed by atoms with van der Waals surface area (Å²) in [5.74, 6) is 1.50. The Kier molecular flexibility index (Phi) is 9.21. The second kappa shape index (κ2) is 11.6. The number of ether oxygens (including phenoxy) is 4. The molecule has 2 aliphatic heterocycles. The molecule has 1 aromatic carbocycles. The van der Waals surface area contributed by atoms with Crippen molar-refractivity contribution in [2.75, 3.05) is 41.1 Å². The van der Waals surface area contributed by atoms with E-state index in [2.05, 4.69) is 24.1 Å². The number of aliphatic hydroxyl groups is 1. The lowest BCUT2D eigenvalue weighted by molar-refractivity contribution is 0.134. The monoisotopic (exact) mass is 429 g/mol. The topological polar surface area (TPSA) is 60.4 Å². The van der Waals surface area contributed by atoms with Crippen LogP contribution in [0, 0.1) is 0 Å². The Morgan fingerprint density at radius 1 is 1.16 bits per heavy atom. The van der Waals surface area contributed by atoms with E-state index in [9.17, 15) is 5.11 Å². The lowest BCUT2D eigenvalue weighted by Crippen LogP contribution is -2.27. The molecular formula is C25H35NO5. The van der Waals surface area contributed by atoms with E-state index in [4.69, 9.17) is 18.9 Å². The Labute approximate surface area is 186 Å². The summed E-state index contributed by atoms with van der Waals surface area (Å²) in [7, 11) is 5.03. The fourth-order valence-corrected chi connectivity index (χ4v) is 3.26. The maximum absolute atomic E-state index is 9.75. The Balaban J connectivity index is 0.000000614. The largest absolute Gasteiger partial charge is 0.508 e. The zero-order chi connectivity index (χ0) is 23.0. The maximum Gasteiger partial charge on any atom is 0.161 e. The third-order valence-electron chi connectivity index (χ3n) is 5.07. The molecular weight excluding hydrogens is 394 g/mol. The molecule has 170 valence electrons. The van der Waals surface area contributed by atoms with E-state index in [1.807, 2.05) is 32.2 Å². The zero-order valence-corrected chi connectivity index (χ0v) is 19.4. The van der Waals surface area contributed by atoms with Gasteiger partial charge in [-0.2, -0.15) is 0 Å². The molecule has 1 N–H and O–H groups in total. The number of rotatable bonds is 8. The third kappa shape index (κ3) is 6.39. The Morgan fingerprint density at radius 3 is 2.45 bits per heavy atom. The normalized spacial score (nSPS) is 14.6. The molecule has 3 rings (SSSR count). The Bertz CT molecular complexity index is 854. The first-order chi connectivity index (χ1) is 14.8. The summed E-state index contributed by atoms with van der Waals surface area (Å²) in [6.45, 7) is 13.7. The van der Waals surface area contributed by atoms with Crippen molar-refractivity contribution >= 4 is 5.70 Å². The fraction of sp³-hybridized carbons (Fsp3) is 0.440. The standard InChI is InChI=1S/C21H25NO4.C4H10O/c1-14-10-19-17-12-20(25-4)21(26-9-5-8-24-3)11-16(17)6-7-22(19)13-18(14)15(2)23;1-4(2)5-3/h10-13,23H,1-2,5-9H2,3-4H3;4H,1-3H3. The molecule has 31 heavy (non-hydrogen) atoms. The van der Waals surface area contributed by atoms with Crippen LogP contribution in [0.4, 0.5) is 0 Å². The van der Waals surface area contributed by atoms with E-state index in [-0.39, 0.29) is 5.76 Å². The number of methoxy groups -OCH3 is 3. The summed E-state index contributed by atoms with van der Waals surface area (Å²) in [4.78, 5) is 2.12. The first-order valence-electron chi connectivity index (χ1n) is 10.5. The molecule has 0 aromatic heterocycles. The molecule has 2 aliphatic rings. The number of fused-ring (bicyclic) bond motifs is 3. The van der Waals surface area contributed by atoms with Crippen molar-refractivity contribution in [2.45, 2.75) is 32.8 Å². The molecule has 0 radical (unpaired) electrons. The smallest absolute Gasteiger partial charge is 0.161 e. The van der Waals surface area contributed by atoms with Crippen LogP contribution in [0.2, 0.25) is 0 Å². The molecule has 6 heteroatoms. The fourth-order valence-electron chi connectivity index (χ4n) is 3.26. The van der Waals surface area contributed by atoms with Gasteiger partial charge in [-0.15, -0.1) is 0 Å². The lowest BCUT2D eigenvalue weighted by Gasteiger charge is -2.35. The highest BCUT2D eigenvalue weighted by Crippen LogP contribution is 2.41. The van der Waals surface area contributed by atoms with Crippen molar-refractivity contribution in [3.05, 3.63) is 65.6 Å². The molecule has 0 bridgehead atoms. The number of aliphatic hydroxyl groups excluding tert-OH is 1. The quantitative estimate of drug-likeness (QED) is 0.470. The van der Waals surface area contributed by atoms with Gasteiger partial charge in [0, 0.05) is 56.8 Å². The van der Waals surface area contributed by atoms with Crippen LogP contribution in [0.1, 0.15) is 31.4 Å². The molecule has 0 saturated heterocycles. The highest BCUT2D eigenvalue weighted by atomic mass is 16.5. The second-order valence-corrected chi connectivity index (χ2v) is 7.63. The lowest BCUT2D eigenvalue weighted by atomic mass is 9.91. The van der Waals surface area contributed by atoms with Crippen LogP contribution < -0.4 is 9.47 Å². The molecule has 6 nitrogen and oxygen atoms in total. The van der Waals surface area contributed by atoms with Crippen molar-refractivity contribution in [2.24, 2.45) is 0 Å². The average Bonchev–Trinajstić information content (AvgIpc) is 2.75. The SMILES string of the molecule is C=C(O)C1=CN2CCc3cc(OCCCOC)c(OC)cc3C2=CC1=C.COC(C)C. The van der Waals surface area contributed by atoms with Crippen LogP contribution in [0.3, 0.4) is 0 Å². The maximum atomic E-state index is 9.75. The molecule has 0 saturated carbocycles. The predicted octanol–water partition coefficient (Wildman–Crippen LogP) is 4.88. The summed E-state index contributed by atoms with van der Waals surface area (Å²) in [6, 6.07) is 4.07. The summed E-state index contributed by atoms with van der Waals surface area (Å²) in [5, 5.41) is 9.75. The number of nitrogens with zero attached hydrogens (tertiary/aromatic N) is 1. The number of benzene rings is 1. The highest BCUT2D eigenvalue weighted by Gasteiger charge is 2.26. The van der Waals surface area contributed by atoms with Crippen LogP contribution in [-0.2, 0) is 15.9 Å². The summed E-state index contributed by atoms with van der Waals surface area (Å²) < 4.78 is 21.2. The van der Waals surface area contributed by atoms with Gasteiger partial charge in [-0.05, 0) is 49.6 Å². The molecule has 0 aliphatic carbocycles. The minimum Gasteiger partial charge on any atom is -0.508 e. The van der Waals surface area contributed by atoms with E-state index in [1.165, 1.54) is 5.56 Å². The first-order valence-corrected chi connectivity index (χ1v) is 10.5. The average molecular weight is 430 g/mol. The van der Waals surface area contributed by atoms with Crippen LogP contribution in [-0.4, -0.2) is 57.2 Å². The van der Waals surface area contributed by atoms with Crippen LogP contribution >= 0.6 is 0 Å². The van der Waals surface area contributed by atoms with E-state index in [0.29, 0.717) is 30.6 Å². The van der Waals surface area contributed by atoms with Crippen LogP contribution in [0.15, 0.2) is 54.5 Å². The van der Waals surface area contributed by atoms with Gasteiger partial charge in [0.05, 0.1) is 19.8 Å². The second-order valence-electron chi connectivity index (χ2n) is 7.63. The molecule has 0 fully saturated rings. The minimum absolute atomic E-state index is 0.0356. The van der Waals surface area contributed by atoms with E-state index < -0.39 is 0 Å². The van der Waals surface area contributed by atoms with Crippen molar-refractivity contribution in [1.82, 2.24) is 4.90 Å². The molecule has 1 aromatic rings. The number of hydrogen-bond donors (Lipinski definition) is 1. The summed E-state index contributed by atoms with van der Waals surface area (Å²) in [6.07, 6.45) is 5.97. The van der Waals surface area contributed by atoms with Crippen molar-refractivity contribution < 1.29 is 24.1 Å². The van der Waals surface area contributed by atoms with Gasteiger partial charge in [-0.25, -0.2) is 0 Å². The molecule has 0 amide bonds. The summed E-state index contributed by atoms with van der Waals surface area (Å²) in [5.41, 5.74) is 4.77. The van der Waals surface area contributed by atoms with Gasteiger partial charge < -0.3 is 29.0 Å². The number of hydrogen-bond acceptors (Lipinski definition) is 6. The van der Waals surface area contributed by atoms with Crippen LogP contribution in [0.25, 0.3) is 5.70 Å². The first kappa shape index (κ1) is 24.6. The van der Waals surface area contributed by atoms with Gasteiger partial charge >= 0.3 is 0 Å². The van der Waals surface area contributed by atoms with Gasteiger partial charge in [0.15, 0.2) is 11.5 Å². The van der Waals surface area contributed by atoms with E-state index >= 15 is 0 Å². The van der Waals surface area contributed by atoms with E-state index in [1.54, 1.807) is 21.3 Å². The zero-order valence-electron chi connectivity index (χ0n) is 19.4. The number of allylic oxidation sites excluding steroid dienone is 2. The summed E-state index contributed by atoms with van der Waals surface area (Å²) >= 11 is 0. The molecule has 0 unspecified atom stereocenters. The molecule has 0 spiro atoms. The van der Waals surface area contributed by atoms with Crippen molar-refractivity contribution in [3.8, 4) is 11.5 Å². The van der Waals surface area contributed by atoms with E-state index in [0.717, 1.165) is 42.0 Å². The van der Waals surface area contributed by atoms with Gasteiger partial charge in [0.2, 0.25) is 0 Å². The van der Waals surface area contributed by atoms with Gasteiger partial charge in [-0.3, -0.25) is 0 Å². The molecule has 2 heterocycles. The molecule has 0 atom stereocenters. The Morgan fingerprint density at radius 2 is 1.87 bits per heavy atom. The van der Waals surface area contributed by atoms with Crippen molar-refractivity contribution in [1.29, 1.82) is 0 Å².